The summed E-state index contributed by atoms with van der Waals surface area (Å²) < 4.78 is 47.6. The van der Waals surface area contributed by atoms with Crippen LogP contribution >= 0.6 is 0 Å². The number of hydrogen-bond donors (Lipinski definition) is 3. The van der Waals surface area contributed by atoms with Gasteiger partial charge in [-0.2, -0.15) is 0 Å². The molecule has 1 aromatic rings. The van der Waals surface area contributed by atoms with Crippen LogP contribution in [-0.4, -0.2) is 59.6 Å². The van der Waals surface area contributed by atoms with Gasteiger partial charge < -0.3 is 10.2 Å². The predicted octanol–water partition coefficient (Wildman–Crippen LogP) is -0.324. The topological polar surface area (TPSA) is 139 Å². The number of amides is 1. The second-order valence-electron chi connectivity index (χ2n) is 6.40. The number of hydrogen-bond acceptors (Lipinski definition) is 6. The van der Waals surface area contributed by atoms with Crippen molar-refractivity contribution in [1.82, 2.24) is 9.62 Å². The number of piperidine rings is 1. The number of benzene rings is 1. The molecule has 1 fully saturated rings. The summed E-state index contributed by atoms with van der Waals surface area (Å²) in [5.74, 6) is -0.202. The van der Waals surface area contributed by atoms with Gasteiger partial charge in [0.2, 0.25) is 26.0 Å². The van der Waals surface area contributed by atoms with Crippen LogP contribution < -0.4 is 15.2 Å². The Morgan fingerprint density at radius 2 is 1.88 bits per heavy atom. The first-order valence-electron chi connectivity index (χ1n) is 8.15. The van der Waals surface area contributed by atoms with Crippen LogP contribution in [0.3, 0.4) is 0 Å². The summed E-state index contributed by atoms with van der Waals surface area (Å²) in [6, 6.07) is 5.48. The predicted molar refractivity (Wildman–Crippen MR) is 98.5 cm³/mol. The van der Waals surface area contributed by atoms with Crippen LogP contribution in [0, 0.1) is 0 Å². The summed E-state index contributed by atoms with van der Waals surface area (Å²) in [6.07, 6.45) is 3.04. The summed E-state index contributed by atoms with van der Waals surface area (Å²) in [7, 11) is -7.00. The van der Waals surface area contributed by atoms with E-state index in [9.17, 15) is 21.6 Å². The molecule has 1 aliphatic heterocycles. The van der Waals surface area contributed by atoms with Gasteiger partial charge >= 0.3 is 0 Å². The van der Waals surface area contributed by atoms with Crippen molar-refractivity contribution in [2.45, 2.75) is 30.2 Å². The molecule has 11 heteroatoms. The molecule has 2 rings (SSSR count). The van der Waals surface area contributed by atoms with E-state index in [1.165, 1.54) is 24.3 Å². The van der Waals surface area contributed by atoms with Crippen molar-refractivity contribution in [2.24, 2.45) is 5.14 Å². The Morgan fingerprint density at radius 1 is 1.23 bits per heavy atom. The van der Waals surface area contributed by atoms with Crippen LogP contribution in [0.4, 0.5) is 5.69 Å². The van der Waals surface area contributed by atoms with E-state index in [4.69, 9.17) is 5.14 Å². The molecule has 4 N–H and O–H groups in total. The molecule has 1 amide bonds. The number of likely N-dealkylation sites (tertiary alicyclic amines) is 1. The van der Waals surface area contributed by atoms with E-state index in [1.54, 1.807) is 0 Å². The Morgan fingerprint density at radius 3 is 2.46 bits per heavy atom. The highest BCUT2D eigenvalue weighted by Gasteiger charge is 2.22. The number of carbonyl (C=O) groups is 1. The monoisotopic (exact) mass is 404 g/mol. The second kappa shape index (κ2) is 8.44. The standard InChI is InChI=1S/C15H24N4O5S2/c1-25(21,22)18-13-3-2-9-19(11-13)10-8-15(20)17-12-4-6-14(7-5-12)26(16,23)24/h4-7,13,18H,2-3,8-11H2,1H3,(H,17,20)(H2,16,23,24). The first kappa shape index (κ1) is 20.8. The Labute approximate surface area is 154 Å². The largest absolute Gasteiger partial charge is 0.326 e. The van der Waals surface area contributed by atoms with Crippen molar-refractivity contribution in [2.75, 3.05) is 31.2 Å². The summed E-state index contributed by atoms with van der Waals surface area (Å²) in [4.78, 5) is 14.1. The van der Waals surface area contributed by atoms with Crippen molar-refractivity contribution >= 4 is 31.6 Å². The van der Waals surface area contributed by atoms with E-state index in [-0.39, 0.29) is 23.3 Å². The molecule has 0 radical (unpaired) electrons. The first-order valence-corrected chi connectivity index (χ1v) is 11.6. The number of nitrogens with two attached hydrogens (primary N) is 1. The molecular formula is C15H24N4O5S2. The number of primary sulfonamides is 1. The van der Waals surface area contributed by atoms with Gasteiger partial charge in [0.05, 0.1) is 11.2 Å². The van der Waals surface area contributed by atoms with Gasteiger partial charge in [-0.1, -0.05) is 0 Å². The zero-order chi connectivity index (χ0) is 19.4. The fourth-order valence-corrected chi connectivity index (χ4v) is 4.18. The fraction of sp³-hybridized carbons (Fsp3) is 0.533. The molecule has 1 aliphatic rings. The van der Waals surface area contributed by atoms with E-state index in [0.717, 1.165) is 25.6 Å². The van der Waals surface area contributed by atoms with Gasteiger partial charge in [-0.3, -0.25) is 4.79 Å². The van der Waals surface area contributed by atoms with Gasteiger partial charge in [-0.25, -0.2) is 26.7 Å². The number of rotatable bonds is 7. The second-order valence-corrected chi connectivity index (χ2v) is 9.74. The van der Waals surface area contributed by atoms with Gasteiger partial charge in [0.1, 0.15) is 0 Å². The third-order valence-corrected chi connectivity index (χ3v) is 5.70. The third kappa shape index (κ3) is 7.00. The number of nitrogens with zero attached hydrogens (tertiary/aromatic N) is 1. The van der Waals surface area contributed by atoms with E-state index >= 15 is 0 Å². The van der Waals surface area contributed by atoms with Crippen molar-refractivity contribution in [3.63, 3.8) is 0 Å². The molecule has 1 heterocycles. The summed E-state index contributed by atoms with van der Waals surface area (Å²) >= 11 is 0. The van der Waals surface area contributed by atoms with Crippen LogP contribution in [0.2, 0.25) is 0 Å². The molecule has 1 unspecified atom stereocenters. The zero-order valence-corrected chi connectivity index (χ0v) is 16.1. The lowest BCUT2D eigenvalue weighted by Gasteiger charge is -2.32. The first-order chi connectivity index (χ1) is 12.0. The molecule has 0 aliphatic carbocycles. The van der Waals surface area contributed by atoms with Crippen LogP contribution in [-0.2, 0) is 24.8 Å². The number of carbonyl (C=O) groups excluding carboxylic acids is 1. The Balaban J connectivity index is 1.81. The summed E-state index contributed by atoms with van der Waals surface area (Å²) in [6.45, 7) is 1.91. The van der Waals surface area contributed by atoms with Crippen LogP contribution in [0.25, 0.3) is 0 Å². The maximum absolute atomic E-state index is 12.1. The van der Waals surface area contributed by atoms with Crippen molar-refractivity contribution in [1.29, 1.82) is 0 Å². The van der Waals surface area contributed by atoms with Gasteiger partial charge in [-0.05, 0) is 43.7 Å². The minimum Gasteiger partial charge on any atom is -0.326 e. The summed E-state index contributed by atoms with van der Waals surface area (Å²) in [5.41, 5.74) is 0.484. The average molecular weight is 405 g/mol. The maximum Gasteiger partial charge on any atom is 0.238 e. The molecule has 0 saturated carbocycles. The van der Waals surface area contributed by atoms with Gasteiger partial charge in [0, 0.05) is 31.2 Å². The van der Waals surface area contributed by atoms with E-state index in [1.807, 2.05) is 0 Å². The molecule has 1 saturated heterocycles. The molecule has 9 nitrogen and oxygen atoms in total. The molecule has 26 heavy (non-hydrogen) atoms. The normalized spacial score (nSPS) is 19.2. The van der Waals surface area contributed by atoms with Crippen LogP contribution in [0.5, 0.6) is 0 Å². The molecule has 0 spiro atoms. The Bertz CT molecular complexity index is 837. The van der Waals surface area contributed by atoms with Crippen LogP contribution in [0.15, 0.2) is 29.2 Å². The average Bonchev–Trinajstić information content (AvgIpc) is 2.51. The summed E-state index contributed by atoms with van der Waals surface area (Å²) in [5, 5.41) is 7.72. The van der Waals surface area contributed by atoms with Crippen molar-refractivity contribution in [3.05, 3.63) is 24.3 Å². The highest BCUT2D eigenvalue weighted by atomic mass is 32.2. The fourth-order valence-electron chi connectivity index (χ4n) is 2.87. The van der Waals surface area contributed by atoms with Crippen LogP contribution in [0.1, 0.15) is 19.3 Å². The SMILES string of the molecule is CS(=O)(=O)NC1CCCN(CCC(=O)Nc2ccc(S(N)(=O)=O)cc2)C1. The van der Waals surface area contributed by atoms with E-state index in [2.05, 4.69) is 14.9 Å². The molecule has 1 atom stereocenters. The lowest BCUT2D eigenvalue weighted by atomic mass is 10.1. The third-order valence-electron chi connectivity index (χ3n) is 4.01. The van der Waals surface area contributed by atoms with E-state index in [0.29, 0.717) is 18.8 Å². The molecule has 0 bridgehead atoms. The lowest BCUT2D eigenvalue weighted by Crippen LogP contribution is -2.47. The molecule has 0 aromatic heterocycles. The molecular weight excluding hydrogens is 380 g/mol. The Kier molecular flexibility index (Phi) is 6.74. The van der Waals surface area contributed by atoms with Gasteiger partial charge in [0.25, 0.3) is 0 Å². The number of nitrogens with one attached hydrogen (secondary N) is 2. The van der Waals surface area contributed by atoms with Crippen molar-refractivity contribution in [3.8, 4) is 0 Å². The minimum atomic E-state index is -3.76. The molecule has 146 valence electrons. The molecule has 1 aromatic carbocycles. The lowest BCUT2D eigenvalue weighted by molar-refractivity contribution is -0.116. The number of sulfonamides is 2. The highest BCUT2D eigenvalue weighted by molar-refractivity contribution is 7.89. The van der Waals surface area contributed by atoms with E-state index < -0.39 is 20.0 Å². The van der Waals surface area contributed by atoms with Gasteiger partial charge in [-0.15, -0.1) is 0 Å². The smallest absolute Gasteiger partial charge is 0.238 e. The highest BCUT2D eigenvalue weighted by Crippen LogP contribution is 2.14. The Hall–Kier alpha value is -1.53. The van der Waals surface area contributed by atoms with Gasteiger partial charge in [0.15, 0.2) is 0 Å². The minimum absolute atomic E-state index is 0.0202. The van der Waals surface area contributed by atoms with Crippen molar-refractivity contribution < 1.29 is 21.6 Å². The quantitative estimate of drug-likeness (QED) is 0.569. The maximum atomic E-state index is 12.1. The number of anilines is 1. The zero-order valence-electron chi connectivity index (χ0n) is 14.5.